The molecule has 0 bridgehead atoms. The number of aliphatic hydroxyl groups is 1. The Morgan fingerprint density at radius 1 is 1.03 bits per heavy atom. The van der Waals surface area contributed by atoms with Crippen LogP contribution in [0.2, 0.25) is 0 Å². The molecule has 1 amide bonds. The van der Waals surface area contributed by atoms with Crippen molar-refractivity contribution in [2.75, 3.05) is 32.6 Å². The molecular weight excluding hydrogens is 440 g/mol. The molecule has 1 saturated heterocycles. The number of likely N-dealkylation sites (tertiary alicyclic amines) is 1. The Hall–Kier alpha value is -3.09. The highest BCUT2D eigenvalue weighted by Crippen LogP contribution is 2.50. The lowest BCUT2D eigenvalue weighted by molar-refractivity contribution is -0.135. The Kier molecular flexibility index (Phi) is 6.67. The number of nitrogens with zero attached hydrogens (tertiary/aromatic N) is 1. The highest BCUT2D eigenvalue weighted by Gasteiger charge is 2.49. The normalized spacial score (nSPS) is 24.5. The summed E-state index contributed by atoms with van der Waals surface area (Å²) in [7, 11) is 3.26. The molecule has 5 rings (SSSR count). The molecule has 1 saturated carbocycles. The van der Waals surface area contributed by atoms with Crippen LogP contribution in [0.15, 0.2) is 60.7 Å². The summed E-state index contributed by atoms with van der Waals surface area (Å²) in [5.41, 5.74) is 1.17. The first-order valence-corrected chi connectivity index (χ1v) is 12.5. The Bertz CT molecular complexity index is 1210. The predicted octanol–water partition coefficient (Wildman–Crippen LogP) is 5.16. The predicted molar refractivity (Wildman–Crippen MR) is 138 cm³/mol. The molecule has 0 radical (unpaired) electrons. The molecule has 2 fully saturated rings. The van der Waals surface area contributed by atoms with Gasteiger partial charge in [-0.3, -0.25) is 9.69 Å². The summed E-state index contributed by atoms with van der Waals surface area (Å²) in [6.45, 7) is 0.920. The van der Waals surface area contributed by atoms with Gasteiger partial charge in [0.05, 0.1) is 26.4 Å². The molecule has 1 heterocycles. The molecule has 2 aliphatic rings. The summed E-state index contributed by atoms with van der Waals surface area (Å²) in [5.74, 6) is 1.35. The summed E-state index contributed by atoms with van der Waals surface area (Å²) in [6.07, 6.45) is 4.58. The van der Waals surface area contributed by atoms with Crippen LogP contribution in [-0.4, -0.2) is 48.8 Å². The number of carbonyl (C=O) groups excluding carboxylic acids is 1. The lowest BCUT2D eigenvalue weighted by Gasteiger charge is -2.52. The van der Waals surface area contributed by atoms with Gasteiger partial charge in [0.15, 0.2) is 11.5 Å². The van der Waals surface area contributed by atoms with E-state index in [1.165, 1.54) is 0 Å². The maximum Gasteiger partial charge on any atom is 0.238 e. The van der Waals surface area contributed by atoms with Crippen LogP contribution in [0.5, 0.6) is 11.5 Å². The second-order valence-electron chi connectivity index (χ2n) is 9.81. The molecule has 35 heavy (non-hydrogen) atoms. The molecule has 3 atom stereocenters. The standard InChI is InChI=1S/C29H34N2O4/c1-34-25-14-13-21(18-26(25)35-2)28-23-11-5-6-15-29(23,33)16-17-31(28)19-27(32)30-24-12-7-9-20-8-3-4-10-22(20)24/h3-4,7-10,12-14,18,23,28,33H,5-6,11,15-17,19H2,1-2H3,(H,30,32). The van der Waals surface area contributed by atoms with Gasteiger partial charge in [0.2, 0.25) is 5.91 Å². The number of methoxy groups -OCH3 is 2. The van der Waals surface area contributed by atoms with Crippen molar-refractivity contribution in [1.29, 1.82) is 0 Å². The third-order valence-electron chi connectivity index (χ3n) is 7.83. The van der Waals surface area contributed by atoms with Crippen LogP contribution >= 0.6 is 0 Å². The van der Waals surface area contributed by atoms with E-state index in [1.807, 2.05) is 60.7 Å². The largest absolute Gasteiger partial charge is 0.493 e. The number of anilines is 1. The quantitative estimate of drug-likeness (QED) is 0.516. The number of rotatable bonds is 6. The molecule has 6 nitrogen and oxygen atoms in total. The highest BCUT2D eigenvalue weighted by atomic mass is 16.5. The molecule has 184 valence electrons. The van der Waals surface area contributed by atoms with E-state index in [9.17, 15) is 9.90 Å². The SMILES string of the molecule is COc1ccc(C2C3CCCCC3(O)CCN2CC(=O)Nc2cccc3ccccc23)cc1OC. The topological polar surface area (TPSA) is 71.0 Å². The van der Waals surface area contributed by atoms with E-state index in [2.05, 4.69) is 10.2 Å². The van der Waals surface area contributed by atoms with Crippen molar-refractivity contribution in [2.24, 2.45) is 5.92 Å². The maximum absolute atomic E-state index is 13.3. The summed E-state index contributed by atoms with van der Waals surface area (Å²) in [5, 5.41) is 16.8. The Morgan fingerprint density at radius 3 is 2.66 bits per heavy atom. The number of amides is 1. The van der Waals surface area contributed by atoms with Crippen molar-refractivity contribution in [3.63, 3.8) is 0 Å². The lowest BCUT2D eigenvalue weighted by atomic mass is 9.66. The Morgan fingerprint density at radius 2 is 1.83 bits per heavy atom. The summed E-state index contributed by atoms with van der Waals surface area (Å²) < 4.78 is 11.0. The van der Waals surface area contributed by atoms with Crippen LogP contribution in [0.4, 0.5) is 5.69 Å². The molecule has 1 aliphatic heterocycles. The van der Waals surface area contributed by atoms with E-state index in [-0.39, 0.29) is 24.4 Å². The molecule has 1 aliphatic carbocycles. The van der Waals surface area contributed by atoms with E-state index in [0.717, 1.165) is 47.7 Å². The monoisotopic (exact) mass is 474 g/mol. The minimum atomic E-state index is -0.696. The van der Waals surface area contributed by atoms with E-state index in [1.54, 1.807) is 14.2 Å². The molecule has 0 aromatic heterocycles. The molecule has 3 aromatic carbocycles. The summed E-state index contributed by atoms with van der Waals surface area (Å²) in [6, 6.07) is 19.9. The summed E-state index contributed by atoms with van der Waals surface area (Å²) in [4.78, 5) is 15.5. The van der Waals surface area contributed by atoms with Gasteiger partial charge < -0.3 is 19.9 Å². The zero-order chi connectivity index (χ0) is 24.4. The highest BCUT2D eigenvalue weighted by molar-refractivity contribution is 6.02. The van der Waals surface area contributed by atoms with Crippen molar-refractivity contribution >= 4 is 22.4 Å². The zero-order valence-electron chi connectivity index (χ0n) is 20.5. The number of carbonyl (C=O) groups is 1. The third kappa shape index (κ3) is 4.60. The maximum atomic E-state index is 13.3. The molecule has 2 N–H and O–H groups in total. The zero-order valence-corrected chi connectivity index (χ0v) is 20.5. The van der Waals surface area contributed by atoms with Gasteiger partial charge >= 0.3 is 0 Å². The average molecular weight is 475 g/mol. The minimum absolute atomic E-state index is 0.0481. The number of ether oxygens (including phenoxy) is 2. The van der Waals surface area contributed by atoms with E-state index < -0.39 is 5.60 Å². The van der Waals surface area contributed by atoms with Gasteiger partial charge in [0, 0.05) is 29.6 Å². The van der Waals surface area contributed by atoms with Gasteiger partial charge in [-0.05, 0) is 48.4 Å². The fraction of sp³-hybridized carbons (Fsp3) is 0.414. The van der Waals surface area contributed by atoms with Crippen LogP contribution in [-0.2, 0) is 4.79 Å². The van der Waals surface area contributed by atoms with Gasteiger partial charge in [-0.15, -0.1) is 0 Å². The molecule has 3 aromatic rings. The van der Waals surface area contributed by atoms with Crippen LogP contribution in [0.3, 0.4) is 0 Å². The van der Waals surface area contributed by atoms with Crippen molar-refractivity contribution in [1.82, 2.24) is 4.90 Å². The van der Waals surface area contributed by atoms with Crippen LogP contribution in [0.1, 0.15) is 43.7 Å². The second kappa shape index (κ2) is 9.88. The number of fused-ring (bicyclic) bond motifs is 2. The second-order valence-corrected chi connectivity index (χ2v) is 9.81. The van der Waals surface area contributed by atoms with Crippen molar-refractivity contribution in [3.8, 4) is 11.5 Å². The summed E-state index contributed by atoms with van der Waals surface area (Å²) >= 11 is 0. The number of piperidine rings is 1. The number of benzene rings is 3. The van der Waals surface area contributed by atoms with Crippen LogP contribution < -0.4 is 14.8 Å². The number of hydrogen-bond acceptors (Lipinski definition) is 5. The molecule has 6 heteroatoms. The van der Waals surface area contributed by atoms with Crippen LogP contribution in [0.25, 0.3) is 10.8 Å². The lowest BCUT2D eigenvalue weighted by Crippen LogP contribution is -2.56. The van der Waals surface area contributed by atoms with Gasteiger partial charge in [-0.2, -0.15) is 0 Å². The number of hydrogen-bond donors (Lipinski definition) is 2. The first kappa shape index (κ1) is 23.6. The van der Waals surface area contributed by atoms with Gasteiger partial charge in [-0.1, -0.05) is 55.3 Å². The molecule has 0 spiro atoms. The Balaban J connectivity index is 1.44. The van der Waals surface area contributed by atoms with E-state index >= 15 is 0 Å². The van der Waals surface area contributed by atoms with E-state index in [0.29, 0.717) is 24.5 Å². The van der Waals surface area contributed by atoms with E-state index in [4.69, 9.17) is 9.47 Å². The fourth-order valence-corrected chi connectivity index (χ4v) is 6.11. The first-order chi connectivity index (χ1) is 17.0. The van der Waals surface area contributed by atoms with Crippen LogP contribution in [0, 0.1) is 5.92 Å². The van der Waals surface area contributed by atoms with Crippen molar-refractivity contribution in [2.45, 2.75) is 43.7 Å². The first-order valence-electron chi connectivity index (χ1n) is 12.5. The number of nitrogens with one attached hydrogen (secondary N) is 1. The minimum Gasteiger partial charge on any atom is -0.493 e. The third-order valence-corrected chi connectivity index (χ3v) is 7.83. The molecule has 3 unspecified atom stereocenters. The Labute approximate surface area is 206 Å². The van der Waals surface area contributed by atoms with Gasteiger partial charge in [0.1, 0.15) is 0 Å². The van der Waals surface area contributed by atoms with Crippen molar-refractivity contribution in [3.05, 3.63) is 66.2 Å². The van der Waals surface area contributed by atoms with Gasteiger partial charge in [-0.25, -0.2) is 0 Å². The van der Waals surface area contributed by atoms with Crippen molar-refractivity contribution < 1.29 is 19.4 Å². The average Bonchev–Trinajstić information content (AvgIpc) is 2.88. The molecular formula is C29H34N2O4. The van der Waals surface area contributed by atoms with Gasteiger partial charge in [0.25, 0.3) is 0 Å². The fourth-order valence-electron chi connectivity index (χ4n) is 6.11. The smallest absolute Gasteiger partial charge is 0.238 e.